The van der Waals surface area contributed by atoms with Crippen LogP contribution in [0.5, 0.6) is 0 Å². The first kappa shape index (κ1) is 11.1. The molecule has 4 N–H and O–H groups in total. The van der Waals surface area contributed by atoms with Crippen LogP contribution in [-0.4, -0.2) is 15.7 Å². The van der Waals surface area contributed by atoms with Crippen molar-refractivity contribution in [3.63, 3.8) is 0 Å². The van der Waals surface area contributed by atoms with Gasteiger partial charge >= 0.3 is 0 Å². The molecule has 2 aromatic rings. The fraction of sp³-hybridized carbons (Fsp3) is 0.0909. The van der Waals surface area contributed by atoms with Gasteiger partial charge in [0.1, 0.15) is 17.2 Å². The number of carbonyl (C=O) groups is 1. The van der Waals surface area contributed by atoms with E-state index >= 15 is 0 Å². The first-order valence-electron chi connectivity index (χ1n) is 4.91. The minimum Gasteiger partial charge on any atom is -0.383 e. The van der Waals surface area contributed by atoms with Gasteiger partial charge in [0, 0.05) is 5.56 Å². The van der Waals surface area contributed by atoms with Crippen LogP contribution in [0.25, 0.3) is 5.69 Å². The zero-order chi connectivity index (χ0) is 12.6. The van der Waals surface area contributed by atoms with Gasteiger partial charge in [0.05, 0.1) is 11.9 Å². The van der Waals surface area contributed by atoms with E-state index in [1.165, 1.54) is 16.9 Å². The van der Waals surface area contributed by atoms with Crippen molar-refractivity contribution in [2.75, 3.05) is 5.73 Å². The highest BCUT2D eigenvalue weighted by atomic mass is 19.1. The Morgan fingerprint density at radius 1 is 1.47 bits per heavy atom. The van der Waals surface area contributed by atoms with Crippen LogP contribution in [0.2, 0.25) is 0 Å². The number of rotatable bonds is 2. The normalized spacial score (nSPS) is 10.5. The highest BCUT2D eigenvalue weighted by molar-refractivity contribution is 5.97. The molecule has 0 aliphatic heterocycles. The number of anilines is 1. The maximum absolute atomic E-state index is 13.4. The van der Waals surface area contributed by atoms with Crippen molar-refractivity contribution in [3.05, 3.63) is 41.3 Å². The lowest BCUT2D eigenvalue weighted by atomic mass is 10.2. The summed E-state index contributed by atoms with van der Waals surface area (Å²) in [4.78, 5) is 11.0. The molecular weight excluding hydrogens is 223 g/mol. The number of aromatic nitrogens is 2. The summed E-state index contributed by atoms with van der Waals surface area (Å²) in [5.74, 6) is -0.924. The summed E-state index contributed by atoms with van der Waals surface area (Å²) in [5, 5.41) is 3.93. The highest BCUT2D eigenvalue weighted by Crippen LogP contribution is 2.21. The monoisotopic (exact) mass is 234 g/mol. The highest BCUT2D eigenvalue weighted by Gasteiger charge is 2.15. The molecule has 0 aliphatic carbocycles. The van der Waals surface area contributed by atoms with Crippen molar-refractivity contribution in [2.24, 2.45) is 5.73 Å². The molecule has 0 aliphatic rings. The number of amides is 1. The van der Waals surface area contributed by atoms with E-state index in [0.717, 1.165) is 0 Å². The van der Waals surface area contributed by atoms with E-state index in [-0.39, 0.29) is 17.2 Å². The standard InChI is InChI=1S/C11H11FN4O/c1-6-8(12)3-2-4-9(6)16-10(13)7(5-15-16)11(14)17/h2-5H,13H2,1H3,(H2,14,17). The molecule has 0 fully saturated rings. The lowest BCUT2D eigenvalue weighted by Gasteiger charge is -2.08. The van der Waals surface area contributed by atoms with Crippen LogP contribution in [0.1, 0.15) is 15.9 Å². The van der Waals surface area contributed by atoms with Gasteiger partial charge in [0.25, 0.3) is 5.91 Å². The van der Waals surface area contributed by atoms with Crippen LogP contribution < -0.4 is 11.5 Å². The fourth-order valence-corrected chi connectivity index (χ4v) is 1.57. The van der Waals surface area contributed by atoms with Crippen LogP contribution >= 0.6 is 0 Å². The van der Waals surface area contributed by atoms with Crippen LogP contribution in [0.15, 0.2) is 24.4 Å². The number of nitrogens with zero attached hydrogens (tertiary/aromatic N) is 2. The van der Waals surface area contributed by atoms with Gasteiger partial charge in [-0.3, -0.25) is 4.79 Å². The van der Waals surface area contributed by atoms with Crippen LogP contribution in [0, 0.1) is 12.7 Å². The van der Waals surface area contributed by atoms with E-state index in [9.17, 15) is 9.18 Å². The molecule has 17 heavy (non-hydrogen) atoms. The second-order valence-electron chi connectivity index (χ2n) is 3.60. The summed E-state index contributed by atoms with van der Waals surface area (Å²) >= 11 is 0. The average Bonchev–Trinajstić information content (AvgIpc) is 2.64. The van der Waals surface area contributed by atoms with Crippen molar-refractivity contribution in [2.45, 2.75) is 6.92 Å². The minimum atomic E-state index is -0.664. The second kappa shape index (κ2) is 3.89. The quantitative estimate of drug-likeness (QED) is 0.812. The number of hydrogen-bond acceptors (Lipinski definition) is 3. The molecule has 6 heteroatoms. The number of carbonyl (C=O) groups excluding carboxylic acids is 1. The average molecular weight is 234 g/mol. The van der Waals surface area contributed by atoms with Gasteiger partial charge < -0.3 is 11.5 Å². The van der Waals surface area contributed by atoms with Crippen LogP contribution in [-0.2, 0) is 0 Å². The smallest absolute Gasteiger partial charge is 0.254 e. The predicted molar refractivity (Wildman–Crippen MR) is 61.2 cm³/mol. The number of benzene rings is 1. The molecule has 2 rings (SSSR count). The Labute approximate surface area is 96.8 Å². The SMILES string of the molecule is Cc1c(F)cccc1-n1ncc(C(N)=O)c1N. The summed E-state index contributed by atoms with van der Waals surface area (Å²) in [6, 6.07) is 4.54. The van der Waals surface area contributed by atoms with Crippen molar-refractivity contribution >= 4 is 11.7 Å². The van der Waals surface area contributed by atoms with E-state index in [2.05, 4.69) is 5.10 Å². The number of nitrogens with two attached hydrogens (primary N) is 2. The Balaban J connectivity index is 2.62. The van der Waals surface area contributed by atoms with E-state index in [4.69, 9.17) is 11.5 Å². The van der Waals surface area contributed by atoms with E-state index in [1.807, 2.05) is 0 Å². The Morgan fingerprint density at radius 3 is 2.76 bits per heavy atom. The molecular formula is C11H11FN4O. The zero-order valence-electron chi connectivity index (χ0n) is 9.14. The second-order valence-corrected chi connectivity index (χ2v) is 3.60. The molecule has 1 aromatic carbocycles. The van der Waals surface area contributed by atoms with Crippen LogP contribution in [0.3, 0.4) is 0 Å². The molecule has 0 unspecified atom stereocenters. The van der Waals surface area contributed by atoms with Crippen molar-refractivity contribution in [3.8, 4) is 5.69 Å². The summed E-state index contributed by atoms with van der Waals surface area (Å²) in [6.07, 6.45) is 1.27. The van der Waals surface area contributed by atoms with E-state index in [1.54, 1.807) is 19.1 Å². The van der Waals surface area contributed by atoms with Gasteiger partial charge in [-0.15, -0.1) is 0 Å². The summed E-state index contributed by atoms with van der Waals surface area (Å²) in [7, 11) is 0. The van der Waals surface area contributed by atoms with Gasteiger partial charge in [-0.25, -0.2) is 9.07 Å². The molecule has 1 heterocycles. The molecule has 0 bridgehead atoms. The summed E-state index contributed by atoms with van der Waals surface area (Å²) < 4.78 is 14.7. The molecule has 0 radical (unpaired) electrons. The topological polar surface area (TPSA) is 86.9 Å². The molecule has 0 saturated heterocycles. The number of halogens is 1. The first-order chi connectivity index (χ1) is 8.02. The molecule has 0 saturated carbocycles. The molecule has 88 valence electrons. The Morgan fingerprint density at radius 2 is 2.18 bits per heavy atom. The third kappa shape index (κ3) is 1.73. The van der Waals surface area contributed by atoms with Gasteiger partial charge in [-0.2, -0.15) is 5.10 Å². The maximum atomic E-state index is 13.4. The first-order valence-corrected chi connectivity index (χ1v) is 4.91. The Bertz CT molecular complexity index is 591. The minimum absolute atomic E-state index is 0.103. The molecule has 0 atom stereocenters. The largest absolute Gasteiger partial charge is 0.383 e. The number of hydrogen-bond donors (Lipinski definition) is 2. The molecule has 5 nitrogen and oxygen atoms in total. The van der Waals surface area contributed by atoms with Gasteiger partial charge in [-0.05, 0) is 19.1 Å². The van der Waals surface area contributed by atoms with Crippen LogP contribution in [0.4, 0.5) is 10.2 Å². The Hall–Kier alpha value is -2.37. The number of nitrogen functional groups attached to an aromatic ring is 1. The van der Waals surface area contributed by atoms with Gasteiger partial charge in [0.2, 0.25) is 0 Å². The lowest BCUT2D eigenvalue weighted by molar-refractivity contribution is 0.100. The van der Waals surface area contributed by atoms with Crippen molar-refractivity contribution in [1.29, 1.82) is 0 Å². The molecule has 1 aromatic heterocycles. The predicted octanol–water partition coefficient (Wildman–Crippen LogP) is 1.00. The van der Waals surface area contributed by atoms with Crippen molar-refractivity contribution in [1.82, 2.24) is 9.78 Å². The van der Waals surface area contributed by atoms with Crippen molar-refractivity contribution < 1.29 is 9.18 Å². The summed E-state index contributed by atoms with van der Waals surface area (Å²) in [5.41, 5.74) is 11.9. The van der Waals surface area contributed by atoms with E-state index in [0.29, 0.717) is 11.3 Å². The number of primary amides is 1. The molecule has 1 amide bonds. The van der Waals surface area contributed by atoms with Gasteiger partial charge in [-0.1, -0.05) is 6.07 Å². The summed E-state index contributed by atoms with van der Waals surface area (Å²) in [6.45, 7) is 1.61. The molecule has 0 spiro atoms. The van der Waals surface area contributed by atoms with Gasteiger partial charge in [0.15, 0.2) is 0 Å². The Kier molecular flexibility index (Phi) is 2.55. The fourth-order valence-electron chi connectivity index (χ4n) is 1.57. The maximum Gasteiger partial charge on any atom is 0.254 e. The third-order valence-corrected chi connectivity index (χ3v) is 2.54. The van der Waals surface area contributed by atoms with E-state index < -0.39 is 5.91 Å². The third-order valence-electron chi connectivity index (χ3n) is 2.54. The lowest BCUT2D eigenvalue weighted by Crippen LogP contribution is -2.13. The zero-order valence-corrected chi connectivity index (χ0v) is 9.14.